The van der Waals surface area contributed by atoms with E-state index in [0.29, 0.717) is 5.92 Å². The lowest BCUT2D eigenvalue weighted by Gasteiger charge is -2.28. The monoisotopic (exact) mass is 292 g/mol. The summed E-state index contributed by atoms with van der Waals surface area (Å²) in [7, 11) is 0. The highest BCUT2D eigenvalue weighted by Gasteiger charge is 2.37. The van der Waals surface area contributed by atoms with Crippen LogP contribution in [0.3, 0.4) is 0 Å². The molecule has 1 aromatic rings. The number of hydrogen-bond donors (Lipinski definition) is 1. The van der Waals surface area contributed by atoms with E-state index < -0.39 is 0 Å². The Bertz CT molecular complexity index is 477. The molecule has 0 radical (unpaired) electrons. The predicted molar refractivity (Wildman–Crippen MR) is 85.8 cm³/mol. The molecule has 3 unspecified atom stereocenters. The lowest BCUT2D eigenvalue weighted by Crippen LogP contribution is -2.35. The van der Waals surface area contributed by atoms with Crippen LogP contribution in [0, 0.1) is 12.8 Å². The summed E-state index contributed by atoms with van der Waals surface area (Å²) in [6, 6.07) is 8.21. The number of benzene rings is 1. The summed E-state index contributed by atoms with van der Waals surface area (Å²) in [4.78, 5) is 14.4. The molecule has 0 spiro atoms. The van der Waals surface area contributed by atoms with Gasteiger partial charge in [0.1, 0.15) is 6.17 Å². The average Bonchev–Trinajstić information content (AvgIpc) is 2.68. The van der Waals surface area contributed by atoms with Crippen molar-refractivity contribution >= 4 is 17.7 Å². The molecule has 1 heterocycles. The molecule has 1 aromatic carbocycles. The van der Waals surface area contributed by atoms with Crippen molar-refractivity contribution in [3.05, 3.63) is 35.4 Å². The smallest absolute Gasteiger partial charge is 0.241 e. The van der Waals surface area contributed by atoms with E-state index in [4.69, 9.17) is 0 Å². The number of nitrogens with one attached hydrogen (secondary N) is 1. The fourth-order valence-corrected chi connectivity index (χ4v) is 3.47. The van der Waals surface area contributed by atoms with Gasteiger partial charge in [-0.2, -0.15) is 11.8 Å². The summed E-state index contributed by atoms with van der Waals surface area (Å²) in [6.45, 7) is 7.08. The van der Waals surface area contributed by atoms with Gasteiger partial charge < -0.3 is 4.90 Å². The molecule has 3 atom stereocenters. The van der Waals surface area contributed by atoms with Crippen molar-refractivity contribution in [2.24, 2.45) is 5.92 Å². The number of rotatable bonds is 5. The first-order valence-electron chi connectivity index (χ1n) is 7.15. The zero-order valence-corrected chi connectivity index (χ0v) is 13.5. The maximum absolute atomic E-state index is 12.4. The fourth-order valence-electron chi connectivity index (χ4n) is 2.79. The van der Waals surface area contributed by atoms with Gasteiger partial charge in [-0.1, -0.05) is 31.2 Å². The molecule has 2 rings (SSSR count). The molecular formula is C16H24N2OS. The van der Waals surface area contributed by atoms with E-state index in [-0.39, 0.29) is 18.1 Å². The highest BCUT2D eigenvalue weighted by atomic mass is 32.2. The highest BCUT2D eigenvalue weighted by Crippen LogP contribution is 2.28. The van der Waals surface area contributed by atoms with Gasteiger partial charge in [-0.05, 0) is 42.9 Å². The Hall–Kier alpha value is -1.00. The second-order valence-electron chi connectivity index (χ2n) is 5.70. The summed E-state index contributed by atoms with van der Waals surface area (Å²) in [5.41, 5.74) is 2.44. The summed E-state index contributed by atoms with van der Waals surface area (Å²) in [5, 5.41) is 3.43. The molecular weight excluding hydrogens is 268 g/mol. The minimum absolute atomic E-state index is 0.0167. The van der Waals surface area contributed by atoms with Gasteiger partial charge in [-0.3, -0.25) is 10.1 Å². The number of carbonyl (C=O) groups excluding carboxylic acids is 1. The van der Waals surface area contributed by atoms with Crippen molar-refractivity contribution in [2.45, 2.75) is 33.0 Å². The molecule has 3 nitrogen and oxygen atoms in total. The first kappa shape index (κ1) is 15.4. The molecule has 0 aromatic heterocycles. The Labute approximate surface area is 126 Å². The number of amides is 1. The molecule has 1 amide bonds. The third kappa shape index (κ3) is 3.18. The molecule has 1 fully saturated rings. The SMILES string of the molecule is CSCC(C)CN1C(=O)C(C)NC1c1ccccc1C. The van der Waals surface area contributed by atoms with Gasteiger partial charge in [0, 0.05) is 6.54 Å². The minimum Gasteiger partial charge on any atom is -0.321 e. The zero-order valence-electron chi connectivity index (χ0n) is 12.7. The van der Waals surface area contributed by atoms with E-state index >= 15 is 0 Å². The van der Waals surface area contributed by atoms with Crippen LogP contribution in [-0.4, -0.2) is 35.4 Å². The van der Waals surface area contributed by atoms with Crippen molar-refractivity contribution < 1.29 is 4.79 Å². The lowest BCUT2D eigenvalue weighted by molar-refractivity contribution is -0.130. The van der Waals surface area contributed by atoms with Crippen LogP contribution in [0.5, 0.6) is 0 Å². The van der Waals surface area contributed by atoms with E-state index in [1.165, 1.54) is 11.1 Å². The van der Waals surface area contributed by atoms with E-state index in [2.05, 4.69) is 37.6 Å². The number of hydrogen-bond acceptors (Lipinski definition) is 3. The van der Waals surface area contributed by atoms with Crippen molar-refractivity contribution in [1.82, 2.24) is 10.2 Å². The van der Waals surface area contributed by atoms with Crippen LogP contribution in [0.1, 0.15) is 31.1 Å². The maximum atomic E-state index is 12.4. The predicted octanol–water partition coefficient (Wildman–Crippen LogP) is 2.81. The van der Waals surface area contributed by atoms with Gasteiger partial charge in [-0.25, -0.2) is 0 Å². The summed E-state index contributed by atoms with van der Waals surface area (Å²) >= 11 is 1.84. The third-order valence-electron chi connectivity index (χ3n) is 3.82. The van der Waals surface area contributed by atoms with Gasteiger partial charge in [0.25, 0.3) is 0 Å². The van der Waals surface area contributed by atoms with Crippen molar-refractivity contribution in [2.75, 3.05) is 18.6 Å². The van der Waals surface area contributed by atoms with Crippen LogP contribution in [0.25, 0.3) is 0 Å². The van der Waals surface area contributed by atoms with E-state index in [1.807, 2.05) is 35.7 Å². The van der Waals surface area contributed by atoms with Crippen LogP contribution in [0.2, 0.25) is 0 Å². The van der Waals surface area contributed by atoms with Crippen LogP contribution in [0.4, 0.5) is 0 Å². The zero-order chi connectivity index (χ0) is 14.7. The molecule has 1 aliphatic rings. The van der Waals surface area contributed by atoms with Gasteiger partial charge >= 0.3 is 0 Å². The molecule has 110 valence electrons. The van der Waals surface area contributed by atoms with Crippen LogP contribution >= 0.6 is 11.8 Å². The normalized spacial score (nSPS) is 24.2. The summed E-state index contributed by atoms with van der Waals surface area (Å²) in [5.74, 6) is 1.80. The first-order valence-corrected chi connectivity index (χ1v) is 8.55. The van der Waals surface area contributed by atoms with Crippen LogP contribution in [-0.2, 0) is 4.79 Å². The molecule has 1 N–H and O–H groups in total. The fraction of sp³-hybridized carbons (Fsp3) is 0.562. The molecule has 1 aliphatic heterocycles. The number of nitrogens with zero attached hydrogens (tertiary/aromatic N) is 1. The largest absolute Gasteiger partial charge is 0.321 e. The number of thioether (sulfide) groups is 1. The summed E-state index contributed by atoms with van der Waals surface area (Å²) in [6.07, 6.45) is 2.13. The Morgan fingerprint density at radius 2 is 2.10 bits per heavy atom. The van der Waals surface area contributed by atoms with E-state index in [1.54, 1.807) is 0 Å². The van der Waals surface area contributed by atoms with Gasteiger partial charge in [-0.15, -0.1) is 0 Å². The molecule has 20 heavy (non-hydrogen) atoms. The first-order chi connectivity index (χ1) is 9.54. The number of carbonyl (C=O) groups is 1. The molecule has 0 aliphatic carbocycles. The molecule has 0 bridgehead atoms. The Morgan fingerprint density at radius 1 is 1.40 bits per heavy atom. The molecule has 0 saturated carbocycles. The van der Waals surface area contributed by atoms with E-state index in [9.17, 15) is 4.79 Å². The van der Waals surface area contributed by atoms with Crippen LogP contribution < -0.4 is 5.32 Å². The Morgan fingerprint density at radius 3 is 2.75 bits per heavy atom. The minimum atomic E-state index is -0.0962. The molecule has 1 saturated heterocycles. The van der Waals surface area contributed by atoms with Crippen LogP contribution in [0.15, 0.2) is 24.3 Å². The second-order valence-corrected chi connectivity index (χ2v) is 6.61. The highest BCUT2D eigenvalue weighted by molar-refractivity contribution is 7.98. The van der Waals surface area contributed by atoms with E-state index in [0.717, 1.165) is 12.3 Å². The standard InChI is InChI=1S/C16H24N2OS/c1-11(10-20-4)9-18-15(17-13(3)16(18)19)14-8-6-5-7-12(14)2/h5-8,11,13,15,17H,9-10H2,1-4H3. The second kappa shape index (κ2) is 6.64. The molecule has 4 heteroatoms. The van der Waals surface area contributed by atoms with Gasteiger partial charge in [0.2, 0.25) is 5.91 Å². The Balaban J connectivity index is 2.22. The van der Waals surface area contributed by atoms with Crippen molar-refractivity contribution in [1.29, 1.82) is 0 Å². The quantitative estimate of drug-likeness (QED) is 0.906. The van der Waals surface area contributed by atoms with Crippen molar-refractivity contribution in [3.8, 4) is 0 Å². The average molecular weight is 292 g/mol. The lowest BCUT2D eigenvalue weighted by atomic mass is 10.1. The topological polar surface area (TPSA) is 32.3 Å². The third-order valence-corrected chi connectivity index (χ3v) is 4.72. The van der Waals surface area contributed by atoms with Crippen molar-refractivity contribution in [3.63, 3.8) is 0 Å². The Kier molecular flexibility index (Phi) is 5.11. The van der Waals surface area contributed by atoms with Gasteiger partial charge in [0.05, 0.1) is 6.04 Å². The summed E-state index contributed by atoms with van der Waals surface area (Å²) < 4.78 is 0. The van der Waals surface area contributed by atoms with Gasteiger partial charge in [0.15, 0.2) is 0 Å². The maximum Gasteiger partial charge on any atom is 0.241 e. The number of aryl methyl sites for hydroxylation is 1.